The third-order valence-electron chi connectivity index (χ3n) is 12.9. The van der Waals surface area contributed by atoms with Gasteiger partial charge in [0.2, 0.25) is 17.7 Å². The van der Waals surface area contributed by atoms with Crippen molar-refractivity contribution in [1.82, 2.24) is 25.8 Å². The first-order valence-electron chi connectivity index (χ1n) is 22.8. The van der Waals surface area contributed by atoms with Crippen LogP contribution in [0.15, 0.2) is 96.5 Å². The topological polar surface area (TPSA) is 192 Å². The van der Waals surface area contributed by atoms with Crippen LogP contribution in [0, 0.1) is 34.5 Å². The number of aromatic nitrogens is 1. The molecule has 0 radical (unpaired) electrons. The number of thiazole rings is 1. The summed E-state index contributed by atoms with van der Waals surface area (Å²) in [6.07, 6.45) is -1.03. The van der Waals surface area contributed by atoms with Crippen molar-refractivity contribution in [3.8, 4) is 33.8 Å². The maximum Gasteiger partial charge on any atom is 0.251 e. The Morgan fingerprint density at radius 3 is 2.14 bits per heavy atom. The standard InChI is InChI=1S/C53H59ClN6O8S/c1-31-44(69-30-57-31)34-13-9-32(10-14-34)26-56-47(64)42-23-37(61)27-60(42)48(65)45(51(2,3)4)58-43(62)29-66-28-33-11-18-38(19-12-33)67-39-20-15-35(16-21-39)46(63)59-49-52(5,6)50(53(49,7)8)68-40-22-17-36(25-55)41(54)24-40/h9-22,24,30,37,42,45,49-50,61H,23,26-29H2,1-8H3,(H,56,64)(H,58,62)(H,59,63)/t37-,42+,45-,49?,50?/m1/s1. The van der Waals surface area contributed by atoms with E-state index < -0.39 is 46.2 Å². The number of aliphatic hydroxyl groups excluding tert-OH is 1. The van der Waals surface area contributed by atoms with Crippen LogP contribution in [0.4, 0.5) is 0 Å². The first-order chi connectivity index (χ1) is 32.6. The summed E-state index contributed by atoms with van der Waals surface area (Å²) in [5.41, 5.74) is 4.78. The fourth-order valence-electron chi connectivity index (χ4n) is 9.52. The molecule has 3 atom stereocenters. The predicted molar refractivity (Wildman–Crippen MR) is 264 cm³/mol. The monoisotopic (exact) mass is 974 g/mol. The highest BCUT2D eigenvalue weighted by molar-refractivity contribution is 7.13. The van der Waals surface area contributed by atoms with Gasteiger partial charge >= 0.3 is 0 Å². The Bertz CT molecular complexity index is 2690. The summed E-state index contributed by atoms with van der Waals surface area (Å²) >= 11 is 7.81. The molecule has 4 amide bonds. The van der Waals surface area contributed by atoms with Crippen LogP contribution in [-0.4, -0.2) is 82.1 Å². The van der Waals surface area contributed by atoms with Gasteiger partial charge in [-0.25, -0.2) is 4.98 Å². The van der Waals surface area contributed by atoms with Crippen molar-refractivity contribution in [1.29, 1.82) is 5.26 Å². The van der Waals surface area contributed by atoms with Crippen LogP contribution in [0.2, 0.25) is 5.02 Å². The molecule has 1 aliphatic heterocycles. The maximum absolute atomic E-state index is 14.1. The zero-order chi connectivity index (χ0) is 49.8. The van der Waals surface area contributed by atoms with E-state index in [1.807, 2.05) is 97.3 Å². The number of halogens is 1. The lowest BCUT2D eigenvalue weighted by atomic mass is 9.49. The van der Waals surface area contributed by atoms with Gasteiger partial charge in [0.15, 0.2) is 0 Å². The first-order valence-corrected chi connectivity index (χ1v) is 24.1. The number of β-amino-alcohol motifs (C(OH)–C–C–N with tert-alkyl or cyclic N) is 1. The fourth-order valence-corrected chi connectivity index (χ4v) is 10.5. The van der Waals surface area contributed by atoms with E-state index in [-0.39, 0.29) is 56.7 Å². The van der Waals surface area contributed by atoms with Crippen LogP contribution in [0.3, 0.4) is 0 Å². The van der Waals surface area contributed by atoms with Crippen LogP contribution in [-0.2, 0) is 32.3 Å². The Balaban J connectivity index is 0.859. The summed E-state index contributed by atoms with van der Waals surface area (Å²) in [6, 6.07) is 26.9. The van der Waals surface area contributed by atoms with Crippen molar-refractivity contribution in [2.24, 2.45) is 16.2 Å². The number of aryl methyl sites for hydroxylation is 1. The quantitative estimate of drug-likeness (QED) is 0.0747. The molecule has 0 spiro atoms. The van der Waals surface area contributed by atoms with E-state index >= 15 is 0 Å². The van der Waals surface area contributed by atoms with E-state index in [1.54, 1.807) is 65.9 Å². The van der Waals surface area contributed by atoms with Crippen molar-refractivity contribution in [3.63, 3.8) is 0 Å². The van der Waals surface area contributed by atoms with Crippen LogP contribution >= 0.6 is 22.9 Å². The minimum atomic E-state index is -0.991. The molecule has 7 rings (SSSR count). The minimum Gasteiger partial charge on any atom is -0.489 e. The third-order valence-corrected chi connectivity index (χ3v) is 14.2. The predicted octanol–water partition coefficient (Wildman–Crippen LogP) is 8.37. The second-order valence-corrected chi connectivity index (χ2v) is 21.3. The molecular formula is C53H59ClN6O8S. The average Bonchev–Trinajstić information content (AvgIpc) is 3.93. The van der Waals surface area contributed by atoms with E-state index in [1.165, 1.54) is 4.90 Å². The third kappa shape index (κ3) is 11.6. The number of rotatable bonds is 16. The summed E-state index contributed by atoms with van der Waals surface area (Å²) in [6.45, 7) is 15.7. The number of hydrogen-bond donors (Lipinski definition) is 4. The second-order valence-electron chi connectivity index (χ2n) is 20.0. The Morgan fingerprint density at radius 1 is 0.928 bits per heavy atom. The van der Waals surface area contributed by atoms with Crippen LogP contribution in [0.1, 0.15) is 87.6 Å². The zero-order valence-electron chi connectivity index (χ0n) is 40.1. The van der Waals surface area contributed by atoms with E-state index in [0.29, 0.717) is 33.4 Å². The molecule has 2 heterocycles. The van der Waals surface area contributed by atoms with Crippen molar-refractivity contribution in [2.75, 3.05) is 13.2 Å². The highest BCUT2D eigenvalue weighted by atomic mass is 35.5. The SMILES string of the molecule is Cc1ncsc1-c1ccc(CNC(=O)[C@@H]2C[C@@H](O)CN2C(=O)[C@@H](NC(=O)COCc2ccc(Oc3ccc(C(=O)NC4C(C)(C)C(Oc5ccc(C#N)c(Cl)c5)C4(C)C)cc3)cc2)C(C)(C)C)cc1. The molecule has 69 heavy (non-hydrogen) atoms. The summed E-state index contributed by atoms with van der Waals surface area (Å²) in [7, 11) is 0. The molecule has 4 aromatic carbocycles. The van der Waals surface area contributed by atoms with E-state index in [9.17, 15) is 29.5 Å². The number of amides is 4. The van der Waals surface area contributed by atoms with Crippen LogP contribution in [0.25, 0.3) is 10.4 Å². The molecule has 14 nitrogen and oxygen atoms in total. The molecule has 2 aliphatic rings. The normalized spacial score (nSPS) is 19.6. The second kappa shape index (κ2) is 20.7. The average molecular weight is 976 g/mol. The van der Waals surface area contributed by atoms with Gasteiger partial charge in [-0.2, -0.15) is 5.26 Å². The summed E-state index contributed by atoms with van der Waals surface area (Å²) < 4.78 is 18.1. The Morgan fingerprint density at radius 2 is 1.55 bits per heavy atom. The summed E-state index contributed by atoms with van der Waals surface area (Å²) in [5, 5.41) is 29.1. The number of likely N-dealkylation sites (tertiary alicyclic amines) is 1. The van der Waals surface area contributed by atoms with Gasteiger partial charge < -0.3 is 40.2 Å². The lowest BCUT2D eigenvalue weighted by Crippen LogP contribution is -2.74. The highest BCUT2D eigenvalue weighted by Gasteiger charge is 2.64. The number of aliphatic hydroxyl groups is 1. The van der Waals surface area contributed by atoms with E-state index in [4.69, 9.17) is 25.8 Å². The number of nitrogens with one attached hydrogen (secondary N) is 3. The largest absolute Gasteiger partial charge is 0.489 e. The van der Waals surface area contributed by atoms with Crippen molar-refractivity contribution in [2.45, 2.75) is 105 Å². The number of nitriles is 1. The lowest BCUT2D eigenvalue weighted by Gasteiger charge is -2.63. The van der Waals surface area contributed by atoms with E-state index in [2.05, 4.69) is 27.0 Å². The van der Waals surface area contributed by atoms with E-state index in [0.717, 1.165) is 27.3 Å². The van der Waals surface area contributed by atoms with Crippen LogP contribution < -0.4 is 25.4 Å². The molecule has 1 aliphatic carbocycles. The van der Waals surface area contributed by atoms with Gasteiger partial charge in [0.1, 0.15) is 48.1 Å². The Kier molecular flexibility index (Phi) is 15.2. The Labute approximate surface area is 412 Å². The molecule has 2 fully saturated rings. The number of ether oxygens (including phenoxy) is 3. The fraction of sp³-hybridized carbons (Fsp3) is 0.396. The van der Waals surface area contributed by atoms with Crippen molar-refractivity contribution in [3.05, 3.63) is 129 Å². The number of carbonyl (C=O) groups excluding carboxylic acids is 4. The molecule has 1 saturated heterocycles. The number of nitrogens with zero attached hydrogens (tertiary/aromatic N) is 3. The minimum absolute atomic E-state index is 0.0309. The molecule has 1 saturated carbocycles. The Hall–Kier alpha value is -6.31. The summed E-state index contributed by atoms with van der Waals surface area (Å²) in [4.78, 5) is 60.9. The number of hydrogen-bond acceptors (Lipinski definition) is 11. The molecule has 362 valence electrons. The number of carbonyl (C=O) groups is 4. The zero-order valence-corrected chi connectivity index (χ0v) is 41.7. The van der Waals surface area contributed by atoms with Gasteiger partial charge in [-0.3, -0.25) is 19.2 Å². The lowest BCUT2D eigenvalue weighted by molar-refractivity contribution is -0.164. The molecule has 0 bridgehead atoms. The van der Waals surface area contributed by atoms with Crippen molar-refractivity contribution >= 4 is 46.6 Å². The highest BCUT2D eigenvalue weighted by Crippen LogP contribution is 2.55. The first kappa shape index (κ1) is 50.6. The van der Waals surface area contributed by atoms with Crippen LogP contribution in [0.5, 0.6) is 17.2 Å². The number of benzene rings is 4. The summed E-state index contributed by atoms with van der Waals surface area (Å²) in [5.74, 6) is 0.0992. The van der Waals surface area contributed by atoms with Gasteiger partial charge in [-0.1, -0.05) is 96.5 Å². The van der Waals surface area contributed by atoms with Gasteiger partial charge in [-0.05, 0) is 77.6 Å². The molecule has 5 aromatic rings. The molecule has 16 heteroatoms. The molecule has 4 N–H and O–H groups in total. The molecule has 0 unspecified atom stereocenters. The smallest absolute Gasteiger partial charge is 0.251 e. The maximum atomic E-state index is 14.1. The molecular weight excluding hydrogens is 916 g/mol. The van der Waals surface area contributed by atoms with Gasteiger partial charge in [0, 0.05) is 48.0 Å². The van der Waals surface area contributed by atoms with Gasteiger partial charge in [-0.15, -0.1) is 11.3 Å². The van der Waals surface area contributed by atoms with Gasteiger partial charge in [0.05, 0.1) is 39.4 Å². The molecule has 1 aromatic heterocycles. The van der Waals surface area contributed by atoms with Gasteiger partial charge in [0.25, 0.3) is 5.91 Å². The van der Waals surface area contributed by atoms with Crippen molar-refractivity contribution < 1.29 is 38.5 Å².